The number of H-pyrrole nitrogens is 1. The van der Waals surface area contributed by atoms with Crippen molar-refractivity contribution in [3.63, 3.8) is 0 Å². The molecular weight excluding hydrogens is 260 g/mol. The number of rotatable bonds is 1. The SMILES string of the molecule is CN1CCN(c2ncc(Br)c(=O)[nH]2)CC1. The zero-order valence-electron chi connectivity index (χ0n) is 8.53. The Morgan fingerprint density at radius 3 is 2.67 bits per heavy atom. The highest BCUT2D eigenvalue weighted by Gasteiger charge is 2.15. The van der Waals surface area contributed by atoms with E-state index in [9.17, 15) is 4.79 Å². The molecule has 1 aliphatic heterocycles. The van der Waals surface area contributed by atoms with Gasteiger partial charge in [0.25, 0.3) is 5.56 Å². The molecule has 82 valence electrons. The lowest BCUT2D eigenvalue weighted by Gasteiger charge is -2.32. The molecule has 1 saturated heterocycles. The summed E-state index contributed by atoms with van der Waals surface area (Å²) in [5.74, 6) is 0.663. The number of hydrogen-bond acceptors (Lipinski definition) is 4. The molecule has 1 N–H and O–H groups in total. The average Bonchev–Trinajstić information content (AvgIpc) is 2.23. The molecule has 1 fully saturated rings. The van der Waals surface area contributed by atoms with E-state index in [1.807, 2.05) is 0 Å². The maximum atomic E-state index is 11.4. The number of aromatic nitrogens is 2. The molecule has 0 atom stereocenters. The minimum Gasteiger partial charge on any atom is -0.340 e. The summed E-state index contributed by atoms with van der Waals surface area (Å²) >= 11 is 3.13. The van der Waals surface area contributed by atoms with Crippen LogP contribution in [-0.4, -0.2) is 48.1 Å². The zero-order valence-corrected chi connectivity index (χ0v) is 10.1. The normalized spacial score (nSPS) is 18.1. The third kappa shape index (κ3) is 2.38. The molecule has 2 heterocycles. The molecule has 1 aromatic heterocycles. The number of anilines is 1. The first-order valence-corrected chi connectivity index (χ1v) is 5.64. The van der Waals surface area contributed by atoms with Crippen LogP contribution in [0.1, 0.15) is 0 Å². The molecule has 1 aromatic rings. The first kappa shape index (κ1) is 10.6. The van der Waals surface area contributed by atoms with Crippen molar-refractivity contribution in [3.8, 4) is 0 Å². The summed E-state index contributed by atoms with van der Waals surface area (Å²) in [7, 11) is 2.09. The van der Waals surface area contributed by atoms with Crippen LogP contribution in [-0.2, 0) is 0 Å². The number of piperazine rings is 1. The zero-order chi connectivity index (χ0) is 10.8. The minimum absolute atomic E-state index is 0.126. The Labute approximate surface area is 96.2 Å². The van der Waals surface area contributed by atoms with Crippen LogP contribution in [0.4, 0.5) is 5.95 Å². The van der Waals surface area contributed by atoms with Gasteiger partial charge in [0.05, 0.1) is 6.20 Å². The molecule has 0 aliphatic carbocycles. The first-order valence-electron chi connectivity index (χ1n) is 4.85. The lowest BCUT2D eigenvalue weighted by molar-refractivity contribution is 0.311. The van der Waals surface area contributed by atoms with Crippen LogP contribution < -0.4 is 10.5 Å². The van der Waals surface area contributed by atoms with Crippen molar-refractivity contribution >= 4 is 21.9 Å². The summed E-state index contributed by atoms with van der Waals surface area (Å²) in [6, 6.07) is 0. The second-order valence-corrected chi connectivity index (χ2v) is 4.53. The van der Waals surface area contributed by atoms with E-state index in [0.29, 0.717) is 10.4 Å². The van der Waals surface area contributed by atoms with Gasteiger partial charge >= 0.3 is 0 Å². The molecule has 0 spiro atoms. The lowest BCUT2D eigenvalue weighted by Crippen LogP contribution is -2.45. The highest BCUT2D eigenvalue weighted by atomic mass is 79.9. The van der Waals surface area contributed by atoms with Gasteiger partial charge in [0.2, 0.25) is 5.95 Å². The Balaban J connectivity index is 2.16. The second kappa shape index (κ2) is 4.32. The molecular formula is C9H13BrN4O. The van der Waals surface area contributed by atoms with Crippen LogP contribution in [0.3, 0.4) is 0 Å². The molecule has 5 nitrogen and oxygen atoms in total. The number of nitrogens with one attached hydrogen (secondary N) is 1. The van der Waals surface area contributed by atoms with E-state index in [0.717, 1.165) is 26.2 Å². The highest BCUT2D eigenvalue weighted by molar-refractivity contribution is 9.10. The number of halogens is 1. The Kier molecular flexibility index (Phi) is 3.06. The largest absolute Gasteiger partial charge is 0.340 e. The van der Waals surface area contributed by atoms with Crippen molar-refractivity contribution in [1.29, 1.82) is 0 Å². The van der Waals surface area contributed by atoms with E-state index < -0.39 is 0 Å². The standard InChI is InChI=1S/C9H13BrN4O/c1-13-2-4-14(5-3-13)9-11-6-7(10)8(15)12-9/h6H,2-5H2,1H3,(H,11,12,15). The topological polar surface area (TPSA) is 52.2 Å². The molecule has 2 rings (SSSR count). The summed E-state index contributed by atoms with van der Waals surface area (Å²) in [4.78, 5) is 22.7. The van der Waals surface area contributed by atoms with Crippen molar-refractivity contribution in [1.82, 2.24) is 14.9 Å². The fraction of sp³-hybridized carbons (Fsp3) is 0.556. The van der Waals surface area contributed by atoms with Crippen molar-refractivity contribution in [3.05, 3.63) is 21.0 Å². The Bertz CT molecular complexity index is 397. The summed E-state index contributed by atoms with van der Waals surface area (Å²) < 4.78 is 0.473. The van der Waals surface area contributed by atoms with Crippen LogP contribution >= 0.6 is 15.9 Å². The molecule has 0 radical (unpaired) electrons. The second-order valence-electron chi connectivity index (χ2n) is 3.67. The van der Waals surface area contributed by atoms with E-state index in [-0.39, 0.29) is 5.56 Å². The van der Waals surface area contributed by atoms with Crippen LogP contribution in [0.2, 0.25) is 0 Å². The van der Waals surface area contributed by atoms with Crippen molar-refractivity contribution in [2.45, 2.75) is 0 Å². The predicted molar refractivity (Wildman–Crippen MR) is 62.3 cm³/mol. The number of likely N-dealkylation sites (N-methyl/N-ethyl adjacent to an activating group) is 1. The molecule has 15 heavy (non-hydrogen) atoms. The summed E-state index contributed by atoms with van der Waals surface area (Å²) in [6.07, 6.45) is 1.55. The van der Waals surface area contributed by atoms with Gasteiger partial charge in [-0.25, -0.2) is 4.98 Å². The monoisotopic (exact) mass is 272 g/mol. The quantitative estimate of drug-likeness (QED) is 0.798. The summed E-state index contributed by atoms with van der Waals surface area (Å²) in [6.45, 7) is 3.81. The summed E-state index contributed by atoms with van der Waals surface area (Å²) in [5.41, 5.74) is -0.126. The van der Waals surface area contributed by atoms with Crippen molar-refractivity contribution in [2.24, 2.45) is 0 Å². The average molecular weight is 273 g/mol. The van der Waals surface area contributed by atoms with Crippen LogP contribution in [0, 0.1) is 0 Å². The molecule has 0 bridgehead atoms. The van der Waals surface area contributed by atoms with Gasteiger partial charge in [-0.15, -0.1) is 0 Å². The van der Waals surface area contributed by atoms with Gasteiger partial charge < -0.3 is 9.80 Å². The maximum absolute atomic E-state index is 11.4. The minimum atomic E-state index is -0.126. The summed E-state index contributed by atoms with van der Waals surface area (Å²) in [5, 5.41) is 0. The molecule has 0 unspecified atom stereocenters. The van der Waals surface area contributed by atoms with Gasteiger partial charge in [-0.05, 0) is 23.0 Å². The van der Waals surface area contributed by atoms with Crippen LogP contribution in [0.15, 0.2) is 15.5 Å². The van der Waals surface area contributed by atoms with Crippen molar-refractivity contribution in [2.75, 3.05) is 38.1 Å². The highest BCUT2D eigenvalue weighted by Crippen LogP contribution is 2.09. The van der Waals surface area contributed by atoms with Gasteiger partial charge in [0, 0.05) is 26.2 Å². The van der Waals surface area contributed by atoms with Crippen molar-refractivity contribution < 1.29 is 0 Å². The smallest absolute Gasteiger partial charge is 0.266 e. The third-order valence-electron chi connectivity index (χ3n) is 2.55. The van der Waals surface area contributed by atoms with E-state index >= 15 is 0 Å². The molecule has 6 heteroatoms. The molecule has 0 amide bonds. The Morgan fingerprint density at radius 2 is 2.07 bits per heavy atom. The molecule has 0 saturated carbocycles. The Morgan fingerprint density at radius 1 is 1.40 bits per heavy atom. The third-order valence-corrected chi connectivity index (χ3v) is 3.11. The van der Waals surface area contributed by atoms with E-state index in [2.05, 4.69) is 42.7 Å². The number of hydrogen-bond donors (Lipinski definition) is 1. The van der Waals surface area contributed by atoms with E-state index in [1.54, 1.807) is 6.20 Å². The molecule has 1 aliphatic rings. The van der Waals surface area contributed by atoms with Gasteiger partial charge in [-0.2, -0.15) is 0 Å². The van der Waals surface area contributed by atoms with Gasteiger partial charge in [0.1, 0.15) is 4.47 Å². The van der Waals surface area contributed by atoms with Crippen LogP contribution in [0.25, 0.3) is 0 Å². The van der Waals surface area contributed by atoms with E-state index in [4.69, 9.17) is 0 Å². The fourth-order valence-electron chi connectivity index (χ4n) is 1.55. The van der Waals surface area contributed by atoms with Gasteiger partial charge in [-0.3, -0.25) is 9.78 Å². The number of aromatic amines is 1. The predicted octanol–water partition coefficient (Wildman–Crippen LogP) is 0.284. The lowest BCUT2D eigenvalue weighted by atomic mass is 10.3. The first-order chi connectivity index (χ1) is 7.16. The van der Waals surface area contributed by atoms with Gasteiger partial charge in [-0.1, -0.05) is 0 Å². The molecule has 0 aromatic carbocycles. The maximum Gasteiger partial charge on any atom is 0.266 e. The Hall–Kier alpha value is -0.880. The van der Waals surface area contributed by atoms with Crippen LogP contribution in [0.5, 0.6) is 0 Å². The number of nitrogens with zero attached hydrogens (tertiary/aromatic N) is 3. The van der Waals surface area contributed by atoms with E-state index in [1.165, 1.54) is 0 Å². The fourth-order valence-corrected chi connectivity index (χ4v) is 1.75. The van der Waals surface area contributed by atoms with Gasteiger partial charge in [0.15, 0.2) is 0 Å².